The summed E-state index contributed by atoms with van der Waals surface area (Å²) in [6, 6.07) is 0. The molecule has 1 heterocycles. The summed E-state index contributed by atoms with van der Waals surface area (Å²) in [5.41, 5.74) is 5.05. The van der Waals surface area contributed by atoms with Crippen LogP contribution in [0.3, 0.4) is 0 Å². The highest BCUT2D eigenvalue weighted by Gasteiger charge is 2.31. The number of nitrogens with two attached hydrogens (primary N) is 1. The van der Waals surface area contributed by atoms with Gasteiger partial charge in [-0.25, -0.2) is 4.99 Å². The van der Waals surface area contributed by atoms with Gasteiger partial charge in [-0.15, -0.1) is 0 Å². The normalized spacial score (nSPS) is 30.4. The Balaban J connectivity index is 2.29. The zero-order valence-electron chi connectivity index (χ0n) is 6.35. The molecule has 0 fully saturated rings. The topological polar surface area (TPSA) is 59.6 Å². The van der Waals surface area contributed by atoms with E-state index in [0.717, 1.165) is 0 Å². The fourth-order valence-corrected chi connectivity index (χ4v) is 0.914. The molecule has 0 aromatic heterocycles. The molecule has 0 radical (unpaired) electrons. The van der Waals surface area contributed by atoms with Crippen LogP contribution < -0.4 is 11.1 Å². The van der Waals surface area contributed by atoms with Crippen LogP contribution in [0.15, 0.2) is 4.99 Å². The quantitative estimate of drug-likeness (QED) is 0.568. The Hall–Kier alpha value is -0.770. The van der Waals surface area contributed by atoms with E-state index in [9.17, 15) is 0 Å². The van der Waals surface area contributed by atoms with Crippen LogP contribution in [0.4, 0.5) is 0 Å². The predicted molar refractivity (Wildman–Crippen MR) is 39.7 cm³/mol. The van der Waals surface area contributed by atoms with Crippen molar-refractivity contribution < 1.29 is 4.74 Å². The minimum atomic E-state index is -0.264. The van der Waals surface area contributed by atoms with Gasteiger partial charge in [-0.1, -0.05) is 0 Å². The zero-order chi connectivity index (χ0) is 7.61. The van der Waals surface area contributed by atoms with Crippen LogP contribution >= 0.6 is 0 Å². The average molecular weight is 143 g/mol. The van der Waals surface area contributed by atoms with Gasteiger partial charge in [0.2, 0.25) is 0 Å². The lowest BCUT2D eigenvalue weighted by molar-refractivity contribution is 0.0878. The van der Waals surface area contributed by atoms with E-state index in [1.54, 1.807) is 0 Å². The number of rotatable bonds is 3. The van der Waals surface area contributed by atoms with E-state index >= 15 is 0 Å². The smallest absolute Gasteiger partial charge is 0.192 e. The Kier molecular flexibility index (Phi) is 1.80. The van der Waals surface area contributed by atoms with Gasteiger partial charge in [-0.05, 0) is 13.8 Å². The molecule has 4 heteroatoms. The number of ether oxygens (including phenoxy) is 1. The molecule has 1 atom stereocenters. The van der Waals surface area contributed by atoms with Crippen molar-refractivity contribution in [1.82, 2.24) is 5.32 Å². The number of nitrogens with zero attached hydrogens (tertiary/aromatic N) is 1. The molecule has 0 aromatic carbocycles. The fourth-order valence-electron chi connectivity index (χ4n) is 0.914. The highest BCUT2D eigenvalue weighted by atomic mass is 16.5. The number of nitrogens with one attached hydrogen (secondary N) is 1. The lowest BCUT2D eigenvalue weighted by atomic mass is 10.2. The van der Waals surface area contributed by atoms with Gasteiger partial charge in [0, 0.05) is 6.61 Å². The van der Waals surface area contributed by atoms with Crippen LogP contribution in [0, 0.1) is 0 Å². The molecule has 0 amide bonds. The van der Waals surface area contributed by atoms with Crippen molar-refractivity contribution in [3.8, 4) is 0 Å². The van der Waals surface area contributed by atoms with Crippen molar-refractivity contribution in [2.45, 2.75) is 19.5 Å². The molecule has 0 spiro atoms. The first-order chi connectivity index (χ1) is 4.66. The summed E-state index contributed by atoms with van der Waals surface area (Å²) in [7, 11) is 0. The summed E-state index contributed by atoms with van der Waals surface area (Å²) in [6.45, 7) is 5.20. The first kappa shape index (κ1) is 7.34. The van der Waals surface area contributed by atoms with Gasteiger partial charge in [-0.3, -0.25) is 0 Å². The highest BCUT2D eigenvalue weighted by molar-refractivity contribution is 5.83. The Morgan fingerprint density at radius 2 is 2.40 bits per heavy atom. The first-order valence-electron chi connectivity index (χ1n) is 3.37. The summed E-state index contributed by atoms with van der Waals surface area (Å²) < 4.78 is 5.16. The van der Waals surface area contributed by atoms with Crippen molar-refractivity contribution in [1.29, 1.82) is 0 Å². The molecule has 1 rings (SSSR count). The number of aliphatic imine (C=N–C) groups is 1. The van der Waals surface area contributed by atoms with Crippen molar-refractivity contribution in [2.75, 3.05) is 13.2 Å². The standard InChI is InChI=1S/C6H13N3O/c1-3-10-4-6(2)8-5(7)9-6/h3-4H2,1-2H3,(H3,7,8,9). The maximum Gasteiger partial charge on any atom is 0.192 e. The van der Waals surface area contributed by atoms with Crippen molar-refractivity contribution >= 4 is 5.96 Å². The Morgan fingerprint density at radius 3 is 2.80 bits per heavy atom. The Labute approximate surface area is 60.5 Å². The van der Waals surface area contributed by atoms with Gasteiger partial charge in [0.15, 0.2) is 11.6 Å². The van der Waals surface area contributed by atoms with Gasteiger partial charge in [0.05, 0.1) is 6.61 Å². The number of hydrogen-bond acceptors (Lipinski definition) is 4. The van der Waals surface area contributed by atoms with E-state index in [4.69, 9.17) is 10.5 Å². The third-order valence-corrected chi connectivity index (χ3v) is 1.35. The molecule has 4 nitrogen and oxygen atoms in total. The van der Waals surface area contributed by atoms with Crippen LogP contribution in [0.1, 0.15) is 13.8 Å². The molecule has 0 aromatic rings. The second kappa shape index (κ2) is 2.46. The zero-order valence-corrected chi connectivity index (χ0v) is 6.35. The molecule has 0 unspecified atom stereocenters. The van der Waals surface area contributed by atoms with E-state index < -0.39 is 0 Å². The maximum absolute atomic E-state index is 5.31. The Bertz CT molecular complexity index is 157. The lowest BCUT2D eigenvalue weighted by Crippen LogP contribution is -2.60. The summed E-state index contributed by atoms with van der Waals surface area (Å²) in [4.78, 5) is 4.05. The van der Waals surface area contributed by atoms with Crippen molar-refractivity contribution in [3.63, 3.8) is 0 Å². The fraction of sp³-hybridized carbons (Fsp3) is 0.833. The molecule has 0 bridgehead atoms. The van der Waals surface area contributed by atoms with E-state index in [1.165, 1.54) is 0 Å². The molecule has 0 aliphatic carbocycles. The molecule has 10 heavy (non-hydrogen) atoms. The van der Waals surface area contributed by atoms with Crippen LogP contribution in [-0.4, -0.2) is 24.8 Å². The molecule has 1 aliphatic rings. The molecular weight excluding hydrogens is 130 g/mol. The van der Waals surface area contributed by atoms with E-state index in [1.807, 2.05) is 13.8 Å². The van der Waals surface area contributed by atoms with Crippen LogP contribution in [-0.2, 0) is 4.74 Å². The molecule has 3 N–H and O–H groups in total. The number of guanidine groups is 1. The summed E-state index contributed by atoms with van der Waals surface area (Å²) in [5, 5.41) is 2.96. The maximum atomic E-state index is 5.31. The summed E-state index contributed by atoms with van der Waals surface area (Å²) in [5.74, 6) is 0.502. The van der Waals surface area contributed by atoms with Crippen LogP contribution in [0.2, 0.25) is 0 Å². The predicted octanol–water partition coefficient (Wildman–Crippen LogP) is -0.343. The second-order valence-electron chi connectivity index (χ2n) is 2.53. The highest BCUT2D eigenvalue weighted by Crippen LogP contribution is 2.12. The minimum absolute atomic E-state index is 0.264. The molecular formula is C6H13N3O. The van der Waals surface area contributed by atoms with Gasteiger partial charge in [0.1, 0.15) is 0 Å². The molecule has 0 saturated carbocycles. The minimum Gasteiger partial charge on any atom is -0.377 e. The van der Waals surface area contributed by atoms with E-state index in [0.29, 0.717) is 19.2 Å². The third kappa shape index (κ3) is 1.39. The monoisotopic (exact) mass is 143 g/mol. The van der Waals surface area contributed by atoms with Gasteiger partial charge < -0.3 is 15.8 Å². The molecule has 0 saturated heterocycles. The van der Waals surface area contributed by atoms with Crippen molar-refractivity contribution in [3.05, 3.63) is 0 Å². The van der Waals surface area contributed by atoms with Crippen LogP contribution in [0.5, 0.6) is 0 Å². The molecule has 58 valence electrons. The van der Waals surface area contributed by atoms with E-state index in [-0.39, 0.29) is 5.66 Å². The summed E-state index contributed by atoms with van der Waals surface area (Å²) >= 11 is 0. The molecule has 1 aliphatic heterocycles. The van der Waals surface area contributed by atoms with Gasteiger partial charge in [0.25, 0.3) is 0 Å². The Morgan fingerprint density at radius 1 is 1.80 bits per heavy atom. The lowest BCUT2D eigenvalue weighted by Gasteiger charge is -2.34. The second-order valence-corrected chi connectivity index (χ2v) is 2.53. The number of hydrogen-bond donors (Lipinski definition) is 2. The van der Waals surface area contributed by atoms with Gasteiger partial charge >= 0.3 is 0 Å². The first-order valence-corrected chi connectivity index (χ1v) is 3.37. The van der Waals surface area contributed by atoms with E-state index in [2.05, 4.69) is 10.3 Å². The SMILES string of the molecule is CCOC[C@]1(C)N=C(N)N1. The summed E-state index contributed by atoms with van der Waals surface area (Å²) in [6.07, 6.45) is 0. The van der Waals surface area contributed by atoms with Gasteiger partial charge in [-0.2, -0.15) is 0 Å². The van der Waals surface area contributed by atoms with Crippen molar-refractivity contribution in [2.24, 2.45) is 10.7 Å². The largest absolute Gasteiger partial charge is 0.377 e. The average Bonchev–Trinajstić information content (AvgIpc) is 1.81. The van der Waals surface area contributed by atoms with Crippen LogP contribution in [0.25, 0.3) is 0 Å². The third-order valence-electron chi connectivity index (χ3n) is 1.35.